The third kappa shape index (κ3) is 10.2. The first-order valence-electron chi connectivity index (χ1n) is 8.39. The number of hydrogen-bond acceptors (Lipinski definition) is 2. The van der Waals surface area contributed by atoms with Gasteiger partial charge >= 0.3 is 0 Å². The molecule has 1 rings (SSSR count). The zero-order chi connectivity index (χ0) is 14.3. The Labute approximate surface area is 128 Å². The third-order valence-electron chi connectivity index (χ3n) is 3.59. The van der Waals surface area contributed by atoms with Crippen LogP contribution in [-0.4, -0.2) is 29.9 Å². The molecule has 0 saturated heterocycles. The molecule has 0 aliphatic carbocycles. The van der Waals surface area contributed by atoms with E-state index in [1.807, 2.05) is 0 Å². The van der Waals surface area contributed by atoms with Gasteiger partial charge in [-0.2, -0.15) is 0 Å². The summed E-state index contributed by atoms with van der Waals surface area (Å²) < 4.78 is 0. The Morgan fingerprint density at radius 2 is 1.30 bits per heavy atom. The molecule has 2 nitrogen and oxygen atoms in total. The number of hydrogen-bond donors (Lipinski definition) is 2. The van der Waals surface area contributed by atoms with Crippen molar-refractivity contribution in [2.45, 2.75) is 51.1 Å². The number of unbranched alkanes of at least 4 members (excludes halogenated alkanes) is 4. The molecule has 0 amide bonds. The Morgan fingerprint density at radius 3 is 2.00 bits per heavy atom. The number of nitrogens with one attached hydrogen (secondary N) is 2. The minimum Gasteiger partial charge on any atom is -0.317 e. The van der Waals surface area contributed by atoms with Crippen molar-refractivity contribution in [3.05, 3.63) is 35.9 Å². The van der Waals surface area contributed by atoms with Crippen molar-refractivity contribution >= 4 is 10.2 Å². The molecule has 0 bridgehead atoms. The fourth-order valence-electron chi connectivity index (χ4n) is 2.29. The smallest absolute Gasteiger partial charge is 0.0205 e. The molecule has 1 aromatic carbocycles. The Balaban J connectivity index is 1.77. The highest BCUT2D eigenvalue weighted by molar-refractivity contribution is 6.08. The summed E-state index contributed by atoms with van der Waals surface area (Å²) >= 11 is 0. The molecule has 0 aliphatic rings. The minimum atomic E-state index is 1.01. The highest BCUT2D eigenvalue weighted by Crippen LogP contribution is 2.02. The van der Waals surface area contributed by atoms with Gasteiger partial charge in [-0.05, 0) is 44.5 Å². The second-order valence-corrected chi connectivity index (χ2v) is 6.53. The van der Waals surface area contributed by atoms with Crippen LogP contribution in [0.5, 0.6) is 0 Å². The van der Waals surface area contributed by atoms with Crippen molar-refractivity contribution in [3.8, 4) is 0 Å². The first kappa shape index (κ1) is 17.4. The molecule has 3 heteroatoms. The van der Waals surface area contributed by atoms with E-state index in [0.29, 0.717) is 0 Å². The molecule has 0 saturated carbocycles. The van der Waals surface area contributed by atoms with Crippen LogP contribution in [0.3, 0.4) is 0 Å². The van der Waals surface area contributed by atoms with Crippen LogP contribution in [0.25, 0.3) is 0 Å². The average molecular weight is 293 g/mol. The van der Waals surface area contributed by atoms with Crippen LogP contribution in [-0.2, 0) is 6.54 Å². The van der Waals surface area contributed by atoms with Gasteiger partial charge in [0.05, 0.1) is 0 Å². The van der Waals surface area contributed by atoms with Gasteiger partial charge in [-0.15, -0.1) is 0 Å². The first-order valence-corrected chi connectivity index (χ1v) is 9.80. The van der Waals surface area contributed by atoms with Crippen molar-refractivity contribution in [2.75, 3.05) is 19.6 Å². The maximum atomic E-state index is 3.53. The molecule has 0 atom stereocenters. The lowest BCUT2D eigenvalue weighted by atomic mass is 10.1. The summed E-state index contributed by atoms with van der Waals surface area (Å²) in [6, 6.07) is 12.1. The Morgan fingerprint density at radius 1 is 0.700 bits per heavy atom. The first-order chi connectivity index (χ1) is 9.93. The van der Waals surface area contributed by atoms with Gasteiger partial charge in [0.15, 0.2) is 0 Å². The van der Waals surface area contributed by atoms with Gasteiger partial charge < -0.3 is 10.6 Å². The topological polar surface area (TPSA) is 24.1 Å². The van der Waals surface area contributed by atoms with Gasteiger partial charge in [0.1, 0.15) is 0 Å². The second kappa shape index (κ2) is 13.3. The molecular weight excluding hydrogens is 260 g/mol. The van der Waals surface area contributed by atoms with E-state index in [0.717, 1.165) is 13.1 Å². The number of rotatable bonds is 13. The Hall–Kier alpha value is -0.643. The summed E-state index contributed by atoms with van der Waals surface area (Å²) in [4.78, 5) is 0. The molecule has 2 N–H and O–H groups in total. The van der Waals surface area contributed by atoms with Crippen LogP contribution < -0.4 is 10.6 Å². The number of benzene rings is 1. The van der Waals surface area contributed by atoms with E-state index in [4.69, 9.17) is 0 Å². The third-order valence-corrected chi connectivity index (χ3v) is 4.29. The molecule has 0 aromatic heterocycles. The predicted octanol–water partition coefficient (Wildman–Crippen LogP) is 2.49. The van der Waals surface area contributed by atoms with Gasteiger partial charge in [0.2, 0.25) is 0 Å². The van der Waals surface area contributed by atoms with Crippen molar-refractivity contribution in [1.82, 2.24) is 10.6 Å². The van der Waals surface area contributed by atoms with Gasteiger partial charge in [-0.3, -0.25) is 0 Å². The molecule has 0 fully saturated rings. The van der Waals surface area contributed by atoms with E-state index in [9.17, 15) is 0 Å². The summed E-state index contributed by atoms with van der Waals surface area (Å²) in [6.45, 7) is 4.60. The zero-order valence-corrected chi connectivity index (χ0v) is 15.2. The zero-order valence-electron chi connectivity index (χ0n) is 13.2. The molecule has 0 radical (unpaired) electrons. The SMILES string of the molecule is [SiH3]CCCNCCCCCCCNCc1ccccc1. The lowest BCUT2D eigenvalue weighted by Gasteiger charge is -2.05. The molecule has 1 aromatic rings. The normalized spacial score (nSPS) is 11.0. The van der Waals surface area contributed by atoms with E-state index in [1.165, 1.54) is 73.5 Å². The highest BCUT2D eigenvalue weighted by Gasteiger charge is 1.93. The van der Waals surface area contributed by atoms with Crippen LogP contribution in [0.1, 0.15) is 44.1 Å². The fraction of sp³-hybridized carbons (Fsp3) is 0.647. The maximum Gasteiger partial charge on any atom is 0.0205 e. The van der Waals surface area contributed by atoms with Crippen LogP contribution >= 0.6 is 0 Å². The summed E-state index contributed by atoms with van der Waals surface area (Å²) in [7, 11) is 1.36. The lowest BCUT2D eigenvalue weighted by Crippen LogP contribution is -2.16. The van der Waals surface area contributed by atoms with Crippen LogP contribution in [0.15, 0.2) is 30.3 Å². The Kier molecular flexibility index (Phi) is 11.6. The van der Waals surface area contributed by atoms with Gasteiger partial charge in [-0.25, -0.2) is 0 Å². The van der Waals surface area contributed by atoms with Crippen LogP contribution in [0.4, 0.5) is 0 Å². The standard InChI is InChI=1S/C17H32N2Si/c20-15-9-14-18-12-7-2-1-3-8-13-19-16-17-10-5-4-6-11-17/h4-6,10-11,18-19H,1-3,7-9,12-16H2,20H3. The predicted molar refractivity (Wildman–Crippen MR) is 93.5 cm³/mol. The Bertz CT molecular complexity index is 303. The minimum absolute atomic E-state index is 1.01. The van der Waals surface area contributed by atoms with Crippen molar-refractivity contribution in [3.63, 3.8) is 0 Å². The van der Waals surface area contributed by atoms with Crippen molar-refractivity contribution in [1.29, 1.82) is 0 Å². The molecule has 0 unspecified atom stereocenters. The monoisotopic (exact) mass is 292 g/mol. The van der Waals surface area contributed by atoms with Crippen LogP contribution in [0, 0.1) is 0 Å². The van der Waals surface area contributed by atoms with Gasteiger partial charge in [0.25, 0.3) is 0 Å². The van der Waals surface area contributed by atoms with Crippen molar-refractivity contribution < 1.29 is 0 Å². The molecule has 0 aliphatic heterocycles. The lowest BCUT2D eigenvalue weighted by molar-refractivity contribution is 0.555. The molecule has 114 valence electrons. The van der Waals surface area contributed by atoms with E-state index < -0.39 is 0 Å². The second-order valence-electron chi connectivity index (χ2n) is 5.53. The van der Waals surface area contributed by atoms with Crippen LogP contribution in [0.2, 0.25) is 6.04 Å². The quantitative estimate of drug-likeness (QED) is 0.431. The summed E-state index contributed by atoms with van der Waals surface area (Å²) in [5, 5.41) is 7.04. The maximum absolute atomic E-state index is 3.53. The van der Waals surface area contributed by atoms with Gasteiger partial charge in [-0.1, -0.05) is 55.6 Å². The fourth-order valence-corrected chi connectivity index (χ4v) is 2.64. The van der Waals surface area contributed by atoms with E-state index in [1.54, 1.807) is 0 Å². The molecular formula is C17H32N2Si. The van der Waals surface area contributed by atoms with E-state index >= 15 is 0 Å². The van der Waals surface area contributed by atoms with E-state index in [-0.39, 0.29) is 0 Å². The largest absolute Gasteiger partial charge is 0.317 e. The molecule has 0 heterocycles. The average Bonchev–Trinajstić information content (AvgIpc) is 2.49. The summed E-state index contributed by atoms with van der Waals surface area (Å²) in [5.41, 5.74) is 1.38. The van der Waals surface area contributed by atoms with E-state index in [2.05, 4.69) is 41.0 Å². The highest BCUT2D eigenvalue weighted by atomic mass is 28.1. The molecule has 0 spiro atoms. The summed E-state index contributed by atoms with van der Waals surface area (Å²) in [5.74, 6) is 0. The summed E-state index contributed by atoms with van der Waals surface area (Å²) in [6.07, 6.45) is 8.16. The van der Waals surface area contributed by atoms with Gasteiger partial charge in [0, 0.05) is 16.8 Å². The van der Waals surface area contributed by atoms with Crippen molar-refractivity contribution in [2.24, 2.45) is 0 Å². The molecule has 20 heavy (non-hydrogen) atoms.